The zero-order valence-electron chi connectivity index (χ0n) is 6.81. The third-order valence-electron chi connectivity index (χ3n) is 1.50. The molecule has 0 atom stereocenters. The second-order valence-corrected chi connectivity index (χ2v) is 4.04. The molecule has 0 fully saturated rings. The molecule has 0 aromatic heterocycles. The van der Waals surface area contributed by atoms with Gasteiger partial charge in [0.25, 0.3) is 10.0 Å². The Balaban J connectivity index is 3.20. The largest absolute Gasteiger partial charge is 0.478 e. The van der Waals surface area contributed by atoms with E-state index in [1.54, 1.807) is 0 Å². The molecule has 0 aromatic carbocycles. The molecule has 1 rings (SSSR count). The molecule has 2 N–H and O–H groups in total. The number of likely N-dealkylation sites (N-methyl/N-ethyl adjacent to an activating group) is 1. The van der Waals surface area contributed by atoms with Crippen LogP contribution < -0.4 is 5.32 Å². The van der Waals surface area contributed by atoms with Crippen molar-refractivity contribution in [1.29, 1.82) is 0 Å². The van der Waals surface area contributed by atoms with Gasteiger partial charge in [-0.25, -0.2) is 4.79 Å². The first-order chi connectivity index (χ1) is 5.99. The molecule has 1 aliphatic heterocycles. The molecule has 13 heavy (non-hydrogen) atoms. The summed E-state index contributed by atoms with van der Waals surface area (Å²) in [4.78, 5) is 10.3. The number of nitrogens with zero attached hydrogens (tertiary/aromatic N) is 1. The predicted octanol–water partition coefficient (Wildman–Crippen LogP) is -1.04. The lowest BCUT2D eigenvalue weighted by molar-refractivity contribution is -0.132. The second-order valence-electron chi connectivity index (χ2n) is 2.38. The van der Waals surface area contributed by atoms with E-state index >= 15 is 0 Å². The summed E-state index contributed by atoms with van der Waals surface area (Å²) < 4.78 is 25.3. The molecule has 0 aromatic rings. The fraction of sp³-hybridized carbons (Fsp3) is 0.333. The molecule has 0 radical (unpaired) electrons. The fourth-order valence-electron chi connectivity index (χ4n) is 0.918. The maximum Gasteiger partial charge on any atom is 0.338 e. The highest BCUT2D eigenvalue weighted by Crippen LogP contribution is 2.18. The lowest BCUT2D eigenvalue weighted by Crippen LogP contribution is -2.17. The zero-order chi connectivity index (χ0) is 10.1. The summed E-state index contributed by atoms with van der Waals surface area (Å²) in [5.74, 6) is -1.28. The van der Waals surface area contributed by atoms with E-state index in [0.29, 0.717) is 0 Å². The first-order valence-electron chi connectivity index (χ1n) is 3.40. The first-order valence-corrected chi connectivity index (χ1v) is 4.84. The predicted molar refractivity (Wildman–Crippen MR) is 46.0 cm³/mol. The van der Waals surface area contributed by atoms with Crippen molar-refractivity contribution in [2.24, 2.45) is 4.40 Å². The number of rotatable bonds is 3. The van der Waals surface area contributed by atoms with Gasteiger partial charge in [0.15, 0.2) is 0 Å². The number of carboxylic acid groups (broad SMARTS) is 1. The molecule has 0 saturated carbocycles. The van der Waals surface area contributed by atoms with Gasteiger partial charge < -0.3 is 10.4 Å². The Bertz CT molecular complexity index is 393. The molecule has 1 heterocycles. The van der Waals surface area contributed by atoms with Crippen LogP contribution in [0.25, 0.3) is 0 Å². The van der Waals surface area contributed by atoms with Crippen LogP contribution in [0.15, 0.2) is 14.9 Å². The minimum atomic E-state index is -3.74. The third kappa shape index (κ3) is 1.76. The van der Waals surface area contributed by atoms with E-state index in [1.807, 2.05) is 0 Å². The maximum absolute atomic E-state index is 11.1. The van der Waals surface area contributed by atoms with Crippen molar-refractivity contribution in [2.75, 3.05) is 13.6 Å². The van der Waals surface area contributed by atoms with Gasteiger partial charge in [0, 0.05) is 6.54 Å². The number of carbonyl (C=O) groups is 1. The van der Waals surface area contributed by atoms with Crippen molar-refractivity contribution < 1.29 is 18.3 Å². The highest BCUT2D eigenvalue weighted by Gasteiger charge is 2.28. The summed E-state index contributed by atoms with van der Waals surface area (Å²) in [6.07, 6.45) is 0.852. The Labute approximate surface area is 75.0 Å². The molecule has 7 heteroatoms. The van der Waals surface area contributed by atoms with Crippen LogP contribution in [0, 0.1) is 0 Å². The second kappa shape index (κ2) is 3.27. The van der Waals surface area contributed by atoms with Gasteiger partial charge in [0.1, 0.15) is 0 Å². The van der Waals surface area contributed by atoms with Gasteiger partial charge in [-0.1, -0.05) is 0 Å². The molecule has 0 aliphatic carbocycles. The van der Waals surface area contributed by atoms with Crippen LogP contribution in [0.3, 0.4) is 0 Å². The lowest BCUT2D eigenvalue weighted by Gasteiger charge is -2.00. The Morgan fingerprint density at radius 3 is 2.77 bits per heavy atom. The Morgan fingerprint density at radius 1 is 1.69 bits per heavy atom. The van der Waals surface area contributed by atoms with Gasteiger partial charge in [-0.3, -0.25) is 0 Å². The van der Waals surface area contributed by atoms with Crippen LogP contribution in [-0.4, -0.2) is 39.3 Å². The fourth-order valence-corrected chi connectivity index (χ4v) is 2.03. The molecule has 1 aliphatic rings. The highest BCUT2D eigenvalue weighted by molar-refractivity contribution is 7.94. The molecule has 0 amide bonds. The van der Waals surface area contributed by atoms with Gasteiger partial charge in [-0.05, 0) is 7.05 Å². The summed E-state index contributed by atoms with van der Waals surface area (Å²) in [5, 5.41) is 11.2. The van der Waals surface area contributed by atoms with Crippen LogP contribution in [-0.2, 0) is 14.8 Å². The van der Waals surface area contributed by atoms with Crippen LogP contribution >= 0.6 is 0 Å². The van der Waals surface area contributed by atoms with Crippen LogP contribution in [0.4, 0.5) is 0 Å². The quantitative estimate of drug-likeness (QED) is 0.612. The van der Waals surface area contributed by atoms with E-state index in [1.165, 1.54) is 7.05 Å². The number of nitrogens with one attached hydrogen (secondary N) is 1. The van der Waals surface area contributed by atoms with Gasteiger partial charge >= 0.3 is 5.97 Å². The normalized spacial score (nSPS) is 19.5. The molecule has 72 valence electrons. The van der Waals surface area contributed by atoms with Crippen molar-refractivity contribution in [3.8, 4) is 0 Å². The van der Waals surface area contributed by atoms with Gasteiger partial charge in [0.05, 0.1) is 16.7 Å². The van der Waals surface area contributed by atoms with Crippen molar-refractivity contribution >= 4 is 22.2 Å². The first kappa shape index (κ1) is 9.87. The molecular weight excluding hydrogens is 196 g/mol. The van der Waals surface area contributed by atoms with Crippen molar-refractivity contribution in [2.45, 2.75) is 0 Å². The van der Waals surface area contributed by atoms with Gasteiger partial charge in [0.2, 0.25) is 0 Å². The minimum absolute atomic E-state index is 0.0238. The molecule has 0 spiro atoms. The standard InChI is InChI=1S/C6H8N2O4S/c1-7-3-5-4(6(9)10)2-8-13(5,11)12/h2,7H,3H2,1H3,(H,9,10). The van der Waals surface area contributed by atoms with Crippen LogP contribution in [0.2, 0.25) is 0 Å². The van der Waals surface area contributed by atoms with Crippen molar-refractivity contribution in [3.63, 3.8) is 0 Å². The average molecular weight is 204 g/mol. The lowest BCUT2D eigenvalue weighted by atomic mass is 10.3. The third-order valence-corrected chi connectivity index (χ3v) is 2.87. The van der Waals surface area contributed by atoms with Gasteiger partial charge in [-0.15, -0.1) is 0 Å². The van der Waals surface area contributed by atoms with E-state index < -0.39 is 16.0 Å². The van der Waals surface area contributed by atoms with E-state index in [0.717, 1.165) is 6.21 Å². The number of hydrogen-bond acceptors (Lipinski definition) is 4. The van der Waals surface area contributed by atoms with Crippen LogP contribution in [0.5, 0.6) is 0 Å². The maximum atomic E-state index is 11.1. The van der Waals surface area contributed by atoms with E-state index in [4.69, 9.17) is 5.11 Å². The average Bonchev–Trinajstić information content (AvgIpc) is 2.29. The zero-order valence-corrected chi connectivity index (χ0v) is 7.63. The summed E-state index contributed by atoms with van der Waals surface area (Å²) in [7, 11) is -2.21. The smallest absolute Gasteiger partial charge is 0.338 e. The molecule has 0 unspecified atom stereocenters. The number of aliphatic carboxylic acids is 1. The summed E-state index contributed by atoms with van der Waals surface area (Å²) in [5.41, 5.74) is -0.269. The minimum Gasteiger partial charge on any atom is -0.478 e. The van der Waals surface area contributed by atoms with Crippen molar-refractivity contribution in [1.82, 2.24) is 5.32 Å². The van der Waals surface area contributed by atoms with E-state index in [2.05, 4.69) is 9.71 Å². The summed E-state index contributed by atoms with van der Waals surface area (Å²) >= 11 is 0. The number of hydrogen-bond donors (Lipinski definition) is 2. The van der Waals surface area contributed by atoms with E-state index in [9.17, 15) is 13.2 Å². The SMILES string of the molecule is CNCC1=C(C(=O)O)C=NS1(=O)=O. The van der Waals surface area contributed by atoms with Crippen molar-refractivity contribution in [3.05, 3.63) is 10.5 Å². The topological polar surface area (TPSA) is 95.8 Å². The van der Waals surface area contributed by atoms with Gasteiger partial charge in [-0.2, -0.15) is 12.8 Å². The molecule has 6 nitrogen and oxygen atoms in total. The summed E-state index contributed by atoms with van der Waals surface area (Å²) in [6.45, 7) is -0.0238. The van der Waals surface area contributed by atoms with Crippen LogP contribution in [0.1, 0.15) is 0 Å². The Morgan fingerprint density at radius 2 is 2.31 bits per heavy atom. The Hall–Kier alpha value is -1.21. The van der Waals surface area contributed by atoms with E-state index in [-0.39, 0.29) is 17.0 Å². The number of carboxylic acids is 1. The Kier molecular flexibility index (Phi) is 2.48. The molecule has 0 bridgehead atoms. The molecule has 0 saturated heterocycles. The highest BCUT2D eigenvalue weighted by atomic mass is 32.2. The molecular formula is C6H8N2O4S. The summed E-state index contributed by atoms with van der Waals surface area (Å²) in [6, 6.07) is 0. The number of sulfonamides is 1. The monoisotopic (exact) mass is 204 g/mol.